The first-order chi connectivity index (χ1) is 29.0. The first-order valence-electron chi connectivity index (χ1n) is 22.5. The summed E-state index contributed by atoms with van der Waals surface area (Å²) >= 11 is 0. The molecule has 0 spiro atoms. The normalized spacial score (nSPS) is 20.3. The maximum Gasteiger partial charge on any atom is 0.0465 e. The van der Waals surface area contributed by atoms with Crippen molar-refractivity contribution in [1.82, 2.24) is 0 Å². The molecule has 0 saturated heterocycles. The summed E-state index contributed by atoms with van der Waals surface area (Å²) in [5, 5.41) is 0. The topological polar surface area (TPSA) is 3.24 Å². The van der Waals surface area contributed by atoms with Crippen LogP contribution in [0.2, 0.25) is 0 Å². The first-order valence-corrected chi connectivity index (χ1v) is 22.5. The molecule has 0 aromatic heterocycles. The number of hydrogen-bond donors (Lipinski definition) is 0. The Hall–Kier alpha value is -5.66. The summed E-state index contributed by atoms with van der Waals surface area (Å²) in [5.74, 6) is 3.20. The van der Waals surface area contributed by atoms with Crippen molar-refractivity contribution < 1.29 is 0 Å². The number of benzene rings is 7. The van der Waals surface area contributed by atoms with E-state index in [1.165, 1.54) is 142 Å². The molecule has 0 N–H and O–H groups in total. The van der Waals surface area contributed by atoms with Crippen LogP contribution in [-0.4, -0.2) is 0 Å². The fourth-order valence-corrected chi connectivity index (χ4v) is 12.0. The Morgan fingerprint density at radius 1 is 0.458 bits per heavy atom. The second-order valence-electron chi connectivity index (χ2n) is 18.7. The maximum atomic E-state index is 2.51. The molecule has 3 atom stereocenters. The molecule has 4 aliphatic carbocycles. The number of anilines is 3. The largest absolute Gasteiger partial charge is 0.310 e. The van der Waals surface area contributed by atoms with E-state index in [4.69, 9.17) is 0 Å². The molecule has 1 nitrogen and oxygen atoms in total. The van der Waals surface area contributed by atoms with Crippen molar-refractivity contribution in [3.05, 3.63) is 186 Å². The van der Waals surface area contributed by atoms with Crippen molar-refractivity contribution in [2.75, 3.05) is 4.90 Å². The number of nitrogens with zero attached hydrogens (tertiary/aromatic N) is 1. The third kappa shape index (κ3) is 6.37. The van der Waals surface area contributed by atoms with Gasteiger partial charge in [0.05, 0.1) is 0 Å². The molecule has 292 valence electrons. The highest BCUT2D eigenvalue weighted by Crippen LogP contribution is 2.56. The lowest BCUT2D eigenvalue weighted by Crippen LogP contribution is -2.16. The molecule has 3 saturated carbocycles. The van der Waals surface area contributed by atoms with Crippen LogP contribution in [0.1, 0.15) is 106 Å². The molecule has 7 aromatic carbocycles. The Morgan fingerprint density at radius 2 is 1.10 bits per heavy atom. The zero-order valence-corrected chi connectivity index (χ0v) is 34.7. The summed E-state index contributed by atoms with van der Waals surface area (Å²) in [6.07, 6.45) is 12.3. The molecule has 7 aromatic rings. The fourth-order valence-electron chi connectivity index (χ4n) is 12.0. The van der Waals surface area contributed by atoms with Crippen molar-refractivity contribution in [3.63, 3.8) is 0 Å². The zero-order valence-electron chi connectivity index (χ0n) is 34.7. The highest BCUT2D eigenvalue weighted by atomic mass is 15.1. The minimum atomic E-state index is -0.164. The lowest BCUT2D eigenvalue weighted by atomic mass is 9.81. The molecule has 3 fully saturated rings. The lowest BCUT2D eigenvalue weighted by molar-refractivity contribution is 0.420. The minimum Gasteiger partial charge on any atom is -0.310 e. The van der Waals surface area contributed by atoms with Crippen LogP contribution in [0.4, 0.5) is 17.1 Å². The fraction of sp³-hybridized carbons (Fsp3) is 0.276. The van der Waals surface area contributed by atoms with E-state index >= 15 is 0 Å². The molecule has 11 rings (SSSR count). The van der Waals surface area contributed by atoms with E-state index in [0.29, 0.717) is 5.92 Å². The van der Waals surface area contributed by atoms with Gasteiger partial charge in [-0.3, -0.25) is 0 Å². The summed E-state index contributed by atoms with van der Waals surface area (Å²) < 4.78 is 0. The van der Waals surface area contributed by atoms with E-state index in [9.17, 15) is 0 Å². The van der Waals surface area contributed by atoms with Gasteiger partial charge in [-0.2, -0.15) is 0 Å². The van der Waals surface area contributed by atoms with Gasteiger partial charge in [0.25, 0.3) is 0 Å². The highest BCUT2D eigenvalue weighted by molar-refractivity contribution is 5.97. The summed E-state index contributed by atoms with van der Waals surface area (Å²) in [7, 11) is 0. The molecular formula is C58H55N. The van der Waals surface area contributed by atoms with Crippen LogP contribution in [0.3, 0.4) is 0 Å². The van der Waals surface area contributed by atoms with Gasteiger partial charge in [-0.1, -0.05) is 167 Å². The van der Waals surface area contributed by atoms with Gasteiger partial charge >= 0.3 is 0 Å². The van der Waals surface area contributed by atoms with Crippen LogP contribution >= 0.6 is 0 Å². The van der Waals surface area contributed by atoms with Crippen molar-refractivity contribution in [2.45, 2.75) is 88.9 Å². The molecule has 0 radical (unpaired) electrons. The van der Waals surface area contributed by atoms with E-state index in [-0.39, 0.29) is 5.41 Å². The predicted molar refractivity (Wildman–Crippen MR) is 249 cm³/mol. The van der Waals surface area contributed by atoms with Gasteiger partial charge in [-0.25, -0.2) is 0 Å². The molecular weight excluding hydrogens is 711 g/mol. The molecule has 1 heteroatoms. The van der Waals surface area contributed by atoms with Gasteiger partial charge in [-0.15, -0.1) is 0 Å². The molecule has 0 aliphatic heterocycles. The Kier molecular flexibility index (Phi) is 9.18. The average Bonchev–Trinajstić information content (AvgIpc) is 4.00. The standard InChI is InChI=1S/C58H55N/c1-58(2)55-23-13-22-52(51-21-12-11-20-50(51)41-16-7-4-8-17-41)57(55)53-35-34-47(38-56(53)58)59(46-32-28-43(29-33-46)54-37-39-24-25-44(54)36-39)45-30-26-42(27-31-45)49-19-10-9-18-48(49)40-14-5-3-6-15-40/h4,7-13,16-23,26-35,38-40,44,54H,3,5-6,14-15,24-25,36-37H2,1-2H3. The first kappa shape index (κ1) is 36.4. The Bertz CT molecular complexity index is 2630. The van der Waals surface area contributed by atoms with Crippen LogP contribution in [0.5, 0.6) is 0 Å². The second-order valence-corrected chi connectivity index (χ2v) is 18.7. The van der Waals surface area contributed by atoms with Crippen LogP contribution in [0, 0.1) is 11.8 Å². The molecule has 59 heavy (non-hydrogen) atoms. The highest BCUT2D eigenvalue weighted by Gasteiger charge is 2.40. The summed E-state index contributed by atoms with van der Waals surface area (Å²) in [5.41, 5.74) is 19.8. The van der Waals surface area contributed by atoms with Crippen molar-refractivity contribution in [1.29, 1.82) is 0 Å². The van der Waals surface area contributed by atoms with Crippen molar-refractivity contribution >= 4 is 17.1 Å². The van der Waals surface area contributed by atoms with E-state index in [2.05, 4.69) is 183 Å². The van der Waals surface area contributed by atoms with Crippen LogP contribution in [-0.2, 0) is 5.41 Å². The molecule has 0 heterocycles. The van der Waals surface area contributed by atoms with E-state index in [1.807, 2.05) is 0 Å². The molecule has 3 unspecified atom stereocenters. The maximum absolute atomic E-state index is 2.51. The SMILES string of the molecule is CC1(C)c2cc(N(c3ccc(-c4ccccc4C4CCCCC4)cc3)c3ccc(C4CC5CCC4C5)cc3)ccc2-c2c(-c3ccccc3-c3ccccc3)cccc21. The van der Waals surface area contributed by atoms with Crippen LogP contribution in [0.15, 0.2) is 164 Å². The third-order valence-electron chi connectivity index (χ3n) is 15.0. The minimum absolute atomic E-state index is 0.164. The van der Waals surface area contributed by atoms with Gasteiger partial charge in [0.15, 0.2) is 0 Å². The average molecular weight is 766 g/mol. The Morgan fingerprint density at radius 3 is 1.83 bits per heavy atom. The van der Waals surface area contributed by atoms with Crippen molar-refractivity contribution in [3.8, 4) is 44.5 Å². The zero-order chi connectivity index (χ0) is 39.5. The third-order valence-corrected chi connectivity index (χ3v) is 15.0. The van der Waals surface area contributed by atoms with Gasteiger partial charge < -0.3 is 4.90 Å². The van der Waals surface area contributed by atoms with Crippen LogP contribution in [0.25, 0.3) is 44.5 Å². The monoisotopic (exact) mass is 765 g/mol. The van der Waals surface area contributed by atoms with Crippen LogP contribution < -0.4 is 4.90 Å². The summed E-state index contributed by atoms with van der Waals surface area (Å²) in [6.45, 7) is 4.84. The van der Waals surface area contributed by atoms with E-state index in [1.54, 1.807) is 0 Å². The van der Waals surface area contributed by atoms with Gasteiger partial charge in [-0.05, 0) is 159 Å². The van der Waals surface area contributed by atoms with Gasteiger partial charge in [0, 0.05) is 22.5 Å². The number of fused-ring (bicyclic) bond motifs is 5. The van der Waals surface area contributed by atoms with Gasteiger partial charge in [0.1, 0.15) is 0 Å². The molecule has 0 amide bonds. The molecule has 2 bridgehead atoms. The Labute approximate surface area is 351 Å². The predicted octanol–water partition coefficient (Wildman–Crippen LogP) is 16.4. The van der Waals surface area contributed by atoms with Crippen molar-refractivity contribution in [2.24, 2.45) is 11.8 Å². The van der Waals surface area contributed by atoms with E-state index < -0.39 is 0 Å². The quantitative estimate of drug-likeness (QED) is 0.149. The number of hydrogen-bond acceptors (Lipinski definition) is 1. The smallest absolute Gasteiger partial charge is 0.0465 e. The van der Waals surface area contributed by atoms with E-state index in [0.717, 1.165) is 17.8 Å². The second kappa shape index (κ2) is 14.9. The number of rotatable bonds is 8. The molecule has 4 aliphatic rings. The Balaban J connectivity index is 1.01. The lowest BCUT2D eigenvalue weighted by Gasteiger charge is -2.29. The summed E-state index contributed by atoms with van der Waals surface area (Å²) in [6, 6.07) is 62.4. The van der Waals surface area contributed by atoms with Gasteiger partial charge in [0.2, 0.25) is 0 Å². The summed E-state index contributed by atoms with van der Waals surface area (Å²) in [4.78, 5) is 2.51.